The van der Waals surface area contributed by atoms with Crippen LogP contribution in [0.15, 0.2) is 21.0 Å². The monoisotopic (exact) mass is 267 g/mol. The molecule has 98 valence electrons. The Morgan fingerprint density at radius 3 is 2.72 bits per heavy atom. The lowest BCUT2D eigenvalue weighted by atomic mass is 10.4. The van der Waals surface area contributed by atoms with E-state index in [1.54, 1.807) is 6.07 Å². The highest BCUT2D eigenvalue weighted by molar-refractivity contribution is 7.17. The Balaban J connectivity index is 2.33. The van der Waals surface area contributed by atoms with E-state index in [9.17, 15) is 9.59 Å². The quantitative estimate of drug-likeness (QED) is 0.882. The molecule has 0 spiro atoms. The van der Waals surface area contributed by atoms with Crippen molar-refractivity contribution in [2.24, 2.45) is 0 Å². The van der Waals surface area contributed by atoms with Gasteiger partial charge in [-0.25, -0.2) is 4.79 Å². The lowest BCUT2D eigenvalue weighted by molar-refractivity contribution is 0.287. The van der Waals surface area contributed by atoms with E-state index in [2.05, 4.69) is 23.7 Å². The average Bonchev–Trinajstić information content (AvgIpc) is 2.82. The number of aromatic nitrogens is 2. The van der Waals surface area contributed by atoms with E-state index in [4.69, 9.17) is 0 Å². The summed E-state index contributed by atoms with van der Waals surface area (Å²) in [5, 5.41) is 1.82. The Morgan fingerprint density at radius 1 is 1.33 bits per heavy atom. The molecule has 0 atom stereocenters. The van der Waals surface area contributed by atoms with Crippen LogP contribution in [0.25, 0.3) is 10.2 Å². The summed E-state index contributed by atoms with van der Waals surface area (Å²) in [5.74, 6) is 0. The molecule has 5 nitrogen and oxygen atoms in total. The van der Waals surface area contributed by atoms with Crippen molar-refractivity contribution in [3.8, 4) is 0 Å². The van der Waals surface area contributed by atoms with Crippen molar-refractivity contribution in [1.29, 1.82) is 0 Å². The third kappa shape index (κ3) is 2.39. The van der Waals surface area contributed by atoms with E-state index >= 15 is 0 Å². The molecule has 0 unspecified atom stereocenters. The summed E-state index contributed by atoms with van der Waals surface area (Å²) in [7, 11) is 0. The zero-order valence-corrected chi connectivity index (χ0v) is 11.4. The molecule has 2 heterocycles. The van der Waals surface area contributed by atoms with E-state index in [1.807, 2.05) is 5.38 Å². The smallest absolute Gasteiger partial charge is 0.306 e. The first-order valence-corrected chi connectivity index (χ1v) is 6.98. The zero-order valence-electron chi connectivity index (χ0n) is 10.6. The molecule has 2 rings (SSSR count). The fourth-order valence-corrected chi connectivity index (χ4v) is 2.75. The number of nitrogens with one attached hydrogen (secondary N) is 1. The first-order chi connectivity index (χ1) is 8.67. The van der Waals surface area contributed by atoms with E-state index < -0.39 is 0 Å². The molecule has 0 aliphatic carbocycles. The predicted molar refractivity (Wildman–Crippen MR) is 74.5 cm³/mol. The number of H-pyrrole nitrogens is 1. The van der Waals surface area contributed by atoms with Gasteiger partial charge in [0, 0.05) is 13.1 Å². The van der Waals surface area contributed by atoms with Crippen LogP contribution in [0.2, 0.25) is 0 Å². The molecule has 2 aromatic heterocycles. The van der Waals surface area contributed by atoms with Crippen molar-refractivity contribution in [2.75, 3.05) is 19.6 Å². The van der Waals surface area contributed by atoms with E-state index in [0.717, 1.165) is 13.1 Å². The van der Waals surface area contributed by atoms with Crippen LogP contribution in [-0.2, 0) is 6.54 Å². The minimum absolute atomic E-state index is 0.184. The largest absolute Gasteiger partial charge is 0.328 e. The van der Waals surface area contributed by atoms with Gasteiger partial charge >= 0.3 is 5.69 Å². The summed E-state index contributed by atoms with van der Waals surface area (Å²) in [5.41, 5.74) is 0.128. The number of nitrogens with zero attached hydrogens (tertiary/aromatic N) is 2. The minimum atomic E-state index is -0.321. The Kier molecular flexibility index (Phi) is 3.98. The Morgan fingerprint density at radius 2 is 2.06 bits per heavy atom. The van der Waals surface area contributed by atoms with Crippen LogP contribution < -0.4 is 11.2 Å². The molecule has 6 heteroatoms. The summed E-state index contributed by atoms with van der Waals surface area (Å²) in [4.78, 5) is 28.9. The van der Waals surface area contributed by atoms with Gasteiger partial charge in [0.1, 0.15) is 4.70 Å². The summed E-state index contributed by atoms with van der Waals surface area (Å²) in [6.07, 6.45) is 0. The number of hydrogen-bond donors (Lipinski definition) is 1. The minimum Gasteiger partial charge on any atom is -0.306 e. The van der Waals surface area contributed by atoms with Crippen LogP contribution in [-0.4, -0.2) is 34.1 Å². The first kappa shape index (κ1) is 13.0. The molecule has 18 heavy (non-hydrogen) atoms. The van der Waals surface area contributed by atoms with Crippen molar-refractivity contribution in [3.05, 3.63) is 32.3 Å². The summed E-state index contributed by atoms with van der Waals surface area (Å²) in [6.45, 7) is 7.13. The van der Waals surface area contributed by atoms with Crippen LogP contribution in [0.4, 0.5) is 0 Å². The maximum absolute atomic E-state index is 12.1. The third-order valence-electron chi connectivity index (χ3n) is 3.13. The second kappa shape index (κ2) is 5.49. The fraction of sp³-hybridized carbons (Fsp3) is 0.500. The third-order valence-corrected chi connectivity index (χ3v) is 4.03. The molecule has 0 aliphatic rings. The van der Waals surface area contributed by atoms with E-state index in [-0.39, 0.29) is 11.2 Å². The summed E-state index contributed by atoms with van der Waals surface area (Å²) >= 11 is 1.37. The highest BCUT2D eigenvalue weighted by Crippen LogP contribution is 2.11. The SMILES string of the molecule is CCN(CC)CCn1c(=O)[nH]c2ccsc2c1=O. The maximum Gasteiger partial charge on any atom is 0.328 e. The number of thiophene rings is 1. The number of rotatable bonds is 5. The molecule has 0 fully saturated rings. The van der Waals surface area contributed by atoms with Crippen molar-refractivity contribution in [1.82, 2.24) is 14.5 Å². The number of hydrogen-bond acceptors (Lipinski definition) is 4. The number of likely N-dealkylation sites (N-methyl/N-ethyl adjacent to an activating group) is 1. The zero-order chi connectivity index (χ0) is 13.1. The number of aromatic amines is 1. The Bertz CT molecular complexity index is 637. The van der Waals surface area contributed by atoms with Gasteiger partial charge in [0.2, 0.25) is 0 Å². The Hall–Kier alpha value is -1.40. The van der Waals surface area contributed by atoms with Crippen LogP contribution in [0, 0.1) is 0 Å². The second-order valence-electron chi connectivity index (χ2n) is 4.08. The standard InChI is InChI=1S/C12H17N3O2S/c1-3-14(4-2)6-7-15-11(16)10-9(5-8-18-10)13-12(15)17/h5,8H,3-4,6-7H2,1-2H3,(H,13,17). The van der Waals surface area contributed by atoms with Crippen LogP contribution in [0.1, 0.15) is 13.8 Å². The van der Waals surface area contributed by atoms with Gasteiger partial charge in [-0.15, -0.1) is 11.3 Å². The highest BCUT2D eigenvalue weighted by atomic mass is 32.1. The molecule has 0 radical (unpaired) electrons. The van der Waals surface area contributed by atoms with Crippen molar-refractivity contribution < 1.29 is 0 Å². The van der Waals surface area contributed by atoms with Gasteiger partial charge < -0.3 is 9.88 Å². The van der Waals surface area contributed by atoms with Gasteiger partial charge in [0.25, 0.3) is 5.56 Å². The predicted octanol–water partition coefficient (Wildman–Crippen LogP) is 1.09. The Labute approximate surface area is 109 Å². The van der Waals surface area contributed by atoms with Crippen molar-refractivity contribution in [2.45, 2.75) is 20.4 Å². The first-order valence-electron chi connectivity index (χ1n) is 6.10. The van der Waals surface area contributed by atoms with Gasteiger partial charge in [-0.1, -0.05) is 13.8 Å². The second-order valence-corrected chi connectivity index (χ2v) is 4.99. The van der Waals surface area contributed by atoms with Gasteiger partial charge in [-0.05, 0) is 24.5 Å². The molecule has 0 saturated carbocycles. The lowest BCUT2D eigenvalue weighted by Crippen LogP contribution is -2.38. The maximum atomic E-state index is 12.1. The molecule has 0 bridgehead atoms. The molecule has 0 aliphatic heterocycles. The average molecular weight is 267 g/mol. The van der Waals surface area contributed by atoms with Crippen LogP contribution in [0.3, 0.4) is 0 Å². The number of fused-ring (bicyclic) bond motifs is 1. The van der Waals surface area contributed by atoms with Gasteiger partial charge in [-0.3, -0.25) is 9.36 Å². The normalized spacial score (nSPS) is 11.5. The van der Waals surface area contributed by atoms with Crippen molar-refractivity contribution in [3.63, 3.8) is 0 Å². The molecule has 2 aromatic rings. The molecule has 0 aromatic carbocycles. The molecule has 0 saturated heterocycles. The fourth-order valence-electron chi connectivity index (χ4n) is 1.96. The highest BCUT2D eigenvalue weighted by Gasteiger charge is 2.09. The topological polar surface area (TPSA) is 58.1 Å². The summed E-state index contributed by atoms with van der Waals surface area (Å²) < 4.78 is 1.91. The van der Waals surface area contributed by atoms with Gasteiger partial charge in [0.05, 0.1) is 5.52 Å². The van der Waals surface area contributed by atoms with Crippen molar-refractivity contribution >= 4 is 21.6 Å². The van der Waals surface area contributed by atoms with Gasteiger partial charge in [0.15, 0.2) is 0 Å². The van der Waals surface area contributed by atoms with Crippen LogP contribution in [0.5, 0.6) is 0 Å². The van der Waals surface area contributed by atoms with Gasteiger partial charge in [-0.2, -0.15) is 0 Å². The lowest BCUT2D eigenvalue weighted by Gasteiger charge is -2.17. The summed E-state index contributed by atoms with van der Waals surface area (Å²) in [6, 6.07) is 1.76. The molecule has 0 amide bonds. The molecular weight excluding hydrogens is 250 g/mol. The van der Waals surface area contributed by atoms with E-state index in [1.165, 1.54) is 15.9 Å². The molecule has 1 N–H and O–H groups in total. The van der Waals surface area contributed by atoms with Crippen LogP contribution >= 0.6 is 11.3 Å². The molecular formula is C12H17N3O2S. The van der Waals surface area contributed by atoms with E-state index in [0.29, 0.717) is 23.3 Å².